The van der Waals surface area contributed by atoms with Gasteiger partial charge in [-0.1, -0.05) is 30.3 Å². The zero-order valence-corrected chi connectivity index (χ0v) is 22.0. The van der Waals surface area contributed by atoms with Gasteiger partial charge in [0.25, 0.3) is 0 Å². The van der Waals surface area contributed by atoms with Gasteiger partial charge in [0.15, 0.2) is 0 Å². The van der Waals surface area contributed by atoms with Gasteiger partial charge < -0.3 is 41.9 Å². The Labute approximate surface area is 234 Å². The lowest BCUT2D eigenvalue weighted by Crippen LogP contribution is -2.54. The van der Waals surface area contributed by atoms with Crippen LogP contribution in [0.2, 0.25) is 0 Å². The van der Waals surface area contributed by atoms with Crippen LogP contribution in [-0.2, 0) is 38.4 Å². The maximum Gasteiger partial charge on any atom is 0.326 e. The number of nitrogens with one attached hydrogen (secondary N) is 5. The highest BCUT2D eigenvalue weighted by Crippen LogP contribution is 2.19. The highest BCUT2D eigenvalue weighted by atomic mass is 16.4. The predicted molar refractivity (Wildman–Crippen MR) is 149 cm³/mol. The van der Waals surface area contributed by atoms with Crippen molar-refractivity contribution < 1.29 is 29.4 Å². The number of nitrogens with two attached hydrogens (primary N) is 1. The molecule has 3 amide bonds. The van der Waals surface area contributed by atoms with Crippen molar-refractivity contribution in [1.82, 2.24) is 30.9 Å². The molecular formula is C28H31N7O6. The van der Waals surface area contributed by atoms with Gasteiger partial charge in [-0.05, 0) is 35.7 Å². The van der Waals surface area contributed by atoms with Gasteiger partial charge in [-0.15, -0.1) is 0 Å². The summed E-state index contributed by atoms with van der Waals surface area (Å²) in [5.41, 5.74) is 9.12. The molecule has 13 heteroatoms. The molecule has 0 aliphatic carbocycles. The van der Waals surface area contributed by atoms with Crippen LogP contribution >= 0.6 is 0 Å². The monoisotopic (exact) mass is 561 g/mol. The van der Waals surface area contributed by atoms with E-state index in [4.69, 9.17) is 5.73 Å². The SMILES string of the molecule is NC(Cc1c[nH]c2ccccc12)C(=O)NC(Cc1ccc(O)cc1)C(=O)NCC(=O)NC(Cc1cnc[nH]1)C(=O)O. The van der Waals surface area contributed by atoms with Crippen LogP contribution in [0.15, 0.2) is 67.3 Å². The van der Waals surface area contributed by atoms with Gasteiger partial charge in [0.05, 0.1) is 18.9 Å². The second-order valence-electron chi connectivity index (χ2n) is 9.56. The number of aliphatic carboxylic acids is 1. The average molecular weight is 562 g/mol. The molecule has 9 N–H and O–H groups in total. The molecular weight excluding hydrogens is 530 g/mol. The number of aromatic amines is 2. The quantitative estimate of drug-likeness (QED) is 0.112. The number of H-pyrrole nitrogens is 2. The Morgan fingerprint density at radius 1 is 0.902 bits per heavy atom. The number of fused-ring (bicyclic) bond motifs is 1. The number of amides is 3. The zero-order chi connectivity index (χ0) is 29.4. The van der Waals surface area contributed by atoms with Crippen LogP contribution in [0.25, 0.3) is 10.9 Å². The van der Waals surface area contributed by atoms with E-state index >= 15 is 0 Å². The van der Waals surface area contributed by atoms with Crippen molar-refractivity contribution in [3.05, 3.63) is 84.1 Å². The summed E-state index contributed by atoms with van der Waals surface area (Å²) >= 11 is 0. The van der Waals surface area contributed by atoms with Crippen LogP contribution < -0.4 is 21.7 Å². The topological polar surface area (TPSA) is 215 Å². The van der Waals surface area contributed by atoms with Crippen LogP contribution in [0.1, 0.15) is 16.8 Å². The minimum absolute atomic E-state index is 0.0249. The summed E-state index contributed by atoms with van der Waals surface area (Å²) in [6.45, 7) is -0.519. The fourth-order valence-corrected chi connectivity index (χ4v) is 4.34. The molecule has 13 nitrogen and oxygen atoms in total. The van der Waals surface area contributed by atoms with Gasteiger partial charge in [-0.2, -0.15) is 0 Å². The molecule has 0 saturated heterocycles. The number of hydrogen-bond donors (Lipinski definition) is 8. The highest BCUT2D eigenvalue weighted by Gasteiger charge is 2.26. The smallest absolute Gasteiger partial charge is 0.326 e. The first kappa shape index (κ1) is 28.8. The number of phenols is 1. The summed E-state index contributed by atoms with van der Waals surface area (Å²) in [5, 5.41) is 27.5. The number of para-hydroxylation sites is 1. The molecule has 0 aliphatic heterocycles. The molecule has 4 aromatic rings. The summed E-state index contributed by atoms with van der Waals surface area (Å²) in [5.74, 6) is -3.17. The lowest BCUT2D eigenvalue weighted by atomic mass is 10.0. The van der Waals surface area contributed by atoms with Gasteiger partial charge in [0.2, 0.25) is 17.7 Å². The molecule has 41 heavy (non-hydrogen) atoms. The first-order valence-electron chi connectivity index (χ1n) is 12.9. The zero-order valence-electron chi connectivity index (χ0n) is 22.0. The van der Waals surface area contributed by atoms with E-state index in [-0.39, 0.29) is 25.0 Å². The predicted octanol–water partition coefficient (Wildman–Crippen LogP) is 0.122. The number of aromatic nitrogens is 3. The second kappa shape index (κ2) is 13.3. The minimum atomic E-state index is -1.25. The molecule has 2 aromatic heterocycles. The summed E-state index contributed by atoms with van der Waals surface area (Å²) in [4.78, 5) is 60.0. The molecule has 0 bridgehead atoms. The van der Waals surface area contributed by atoms with E-state index in [1.54, 1.807) is 18.3 Å². The largest absolute Gasteiger partial charge is 0.508 e. The van der Waals surface area contributed by atoms with Gasteiger partial charge in [0, 0.05) is 41.8 Å². The molecule has 2 aromatic carbocycles. The van der Waals surface area contributed by atoms with Crippen LogP contribution in [-0.4, -0.2) is 73.5 Å². The number of carboxylic acids is 1. The van der Waals surface area contributed by atoms with E-state index in [0.29, 0.717) is 11.3 Å². The Kier molecular flexibility index (Phi) is 9.32. The number of rotatable bonds is 13. The molecule has 0 spiro atoms. The number of carbonyl (C=O) groups is 4. The Hall–Kier alpha value is -5.17. The summed E-state index contributed by atoms with van der Waals surface area (Å²) < 4.78 is 0. The van der Waals surface area contributed by atoms with Crippen LogP contribution in [0.5, 0.6) is 5.75 Å². The molecule has 3 atom stereocenters. The van der Waals surface area contributed by atoms with E-state index in [1.807, 2.05) is 24.3 Å². The molecule has 3 unspecified atom stereocenters. The Morgan fingerprint density at radius 3 is 2.37 bits per heavy atom. The Balaban J connectivity index is 1.39. The molecule has 4 rings (SSSR count). The third-order valence-electron chi connectivity index (χ3n) is 6.50. The highest BCUT2D eigenvalue weighted by molar-refractivity contribution is 5.93. The van der Waals surface area contributed by atoms with Crippen molar-refractivity contribution in [2.24, 2.45) is 5.73 Å². The number of aromatic hydroxyl groups is 1. The van der Waals surface area contributed by atoms with E-state index in [1.165, 1.54) is 24.7 Å². The van der Waals surface area contributed by atoms with Crippen LogP contribution in [0.3, 0.4) is 0 Å². The molecule has 0 aliphatic rings. The van der Waals surface area contributed by atoms with Crippen molar-refractivity contribution >= 4 is 34.6 Å². The lowest BCUT2D eigenvalue weighted by molar-refractivity contribution is -0.141. The van der Waals surface area contributed by atoms with Gasteiger partial charge in [-0.25, -0.2) is 9.78 Å². The van der Waals surface area contributed by atoms with Crippen molar-refractivity contribution in [1.29, 1.82) is 0 Å². The van der Waals surface area contributed by atoms with E-state index < -0.39 is 48.4 Å². The second-order valence-corrected chi connectivity index (χ2v) is 9.56. The molecule has 214 valence electrons. The maximum absolute atomic E-state index is 13.1. The molecule has 0 radical (unpaired) electrons. The maximum atomic E-state index is 13.1. The minimum Gasteiger partial charge on any atom is -0.508 e. The van der Waals surface area contributed by atoms with Crippen molar-refractivity contribution in [3.8, 4) is 5.75 Å². The van der Waals surface area contributed by atoms with Crippen molar-refractivity contribution in [3.63, 3.8) is 0 Å². The molecule has 0 saturated carbocycles. The lowest BCUT2D eigenvalue weighted by Gasteiger charge is -2.21. The van der Waals surface area contributed by atoms with Crippen LogP contribution in [0, 0.1) is 0 Å². The number of imidazole rings is 1. The summed E-state index contributed by atoms with van der Waals surface area (Å²) in [6.07, 6.45) is 4.88. The summed E-state index contributed by atoms with van der Waals surface area (Å²) in [7, 11) is 0. The van der Waals surface area contributed by atoms with E-state index in [0.717, 1.165) is 16.5 Å². The fraction of sp³-hybridized carbons (Fsp3) is 0.250. The number of carboxylic acid groups (broad SMARTS) is 1. The Bertz CT molecular complexity index is 1500. The number of phenolic OH excluding ortho intramolecular Hbond substituents is 1. The third kappa shape index (κ3) is 7.92. The molecule has 0 fully saturated rings. The number of nitrogens with zero attached hydrogens (tertiary/aromatic N) is 1. The summed E-state index contributed by atoms with van der Waals surface area (Å²) in [6, 6.07) is 10.4. The van der Waals surface area contributed by atoms with Gasteiger partial charge >= 0.3 is 5.97 Å². The van der Waals surface area contributed by atoms with Crippen LogP contribution in [0.4, 0.5) is 0 Å². The fourth-order valence-electron chi connectivity index (χ4n) is 4.34. The third-order valence-corrected chi connectivity index (χ3v) is 6.50. The van der Waals surface area contributed by atoms with E-state index in [9.17, 15) is 29.4 Å². The normalized spacial score (nSPS) is 13.2. The number of carbonyl (C=O) groups excluding carboxylic acids is 3. The van der Waals surface area contributed by atoms with Crippen molar-refractivity contribution in [2.45, 2.75) is 37.4 Å². The molecule has 2 heterocycles. The van der Waals surface area contributed by atoms with Gasteiger partial charge in [0.1, 0.15) is 17.8 Å². The number of benzene rings is 2. The van der Waals surface area contributed by atoms with E-state index in [2.05, 4.69) is 30.9 Å². The Morgan fingerprint density at radius 2 is 1.66 bits per heavy atom. The first-order valence-corrected chi connectivity index (χ1v) is 12.9. The standard InChI is InChI=1S/C28H31N7O6/c29-21(10-17-12-31-22-4-2-1-3-20(17)22)26(38)35-23(9-16-5-7-19(36)8-6-16)27(39)32-14-25(37)34-24(28(40)41)11-18-13-30-15-33-18/h1-8,12-13,15,21,23-24,31,36H,9-11,14,29H2,(H,30,33)(H,32,39)(H,34,37)(H,35,38)(H,40,41). The average Bonchev–Trinajstić information content (AvgIpc) is 3.62. The first-order chi connectivity index (χ1) is 19.7. The van der Waals surface area contributed by atoms with Crippen molar-refractivity contribution in [2.75, 3.05) is 6.54 Å². The number of hydrogen-bond acceptors (Lipinski definition) is 7. The van der Waals surface area contributed by atoms with Gasteiger partial charge in [-0.3, -0.25) is 14.4 Å².